The Balaban J connectivity index is 2.70. The SMILES string of the molecule is C#CC(Oc1ccccc1)N(C)/C=C(\C)OC. The molecule has 3 heteroatoms. The highest BCUT2D eigenvalue weighted by atomic mass is 16.5. The minimum absolute atomic E-state index is 0.456. The summed E-state index contributed by atoms with van der Waals surface area (Å²) in [4.78, 5) is 1.78. The standard InChI is InChI=1S/C14H17NO2/c1-5-14(15(3)11-12(2)16-4)17-13-9-7-6-8-10-13/h1,6-11,14H,2-4H3/b12-11+. The number of hydrogen-bond donors (Lipinski definition) is 0. The molecule has 17 heavy (non-hydrogen) atoms. The number of methoxy groups -OCH3 is 1. The van der Waals surface area contributed by atoms with Crippen molar-refractivity contribution in [3.05, 3.63) is 42.3 Å². The average molecular weight is 231 g/mol. The Hall–Kier alpha value is -2.08. The number of allylic oxidation sites excluding steroid dienone is 1. The molecule has 1 rings (SSSR count). The van der Waals surface area contributed by atoms with Crippen LogP contribution in [0.4, 0.5) is 0 Å². The van der Waals surface area contributed by atoms with E-state index in [0.717, 1.165) is 11.5 Å². The number of hydrogen-bond acceptors (Lipinski definition) is 3. The van der Waals surface area contributed by atoms with Gasteiger partial charge in [-0.15, -0.1) is 6.42 Å². The van der Waals surface area contributed by atoms with Crippen LogP contribution in [0.5, 0.6) is 5.75 Å². The highest BCUT2D eigenvalue weighted by Gasteiger charge is 2.10. The summed E-state index contributed by atoms with van der Waals surface area (Å²) in [5, 5.41) is 0. The van der Waals surface area contributed by atoms with Gasteiger partial charge in [0.2, 0.25) is 6.23 Å². The molecule has 0 heterocycles. The molecule has 0 amide bonds. The molecule has 0 fully saturated rings. The van der Waals surface area contributed by atoms with Crippen LogP contribution in [0.15, 0.2) is 42.3 Å². The molecule has 0 radical (unpaired) electrons. The maximum absolute atomic E-state index is 5.66. The van der Waals surface area contributed by atoms with Gasteiger partial charge in [0.15, 0.2) is 0 Å². The van der Waals surface area contributed by atoms with E-state index in [1.807, 2.05) is 44.3 Å². The Bertz CT molecular complexity index is 406. The molecule has 0 aliphatic carbocycles. The van der Waals surface area contributed by atoms with Crippen LogP contribution in [0.1, 0.15) is 6.92 Å². The lowest BCUT2D eigenvalue weighted by molar-refractivity contribution is 0.127. The van der Waals surface area contributed by atoms with Crippen LogP contribution >= 0.6 is 0 Å². The van der Waals surface area contributed by atoms with Gasteiger partial charge in [0.1, 0.15) is 11.5 Å². The van der Waals surface area contributed by atoms with Gasteiger partial charge in [-0.1, -0.05) is 18.2 Å². The first-order chi connectivity index (χ1) is 8.17. The minimum atomic E-state index is -0.456. The Labute approximate surface area is 103 Å². The predicted molar refractivity (Wildman–Crippen MR) is 68.2 cm³/mol. The first-order valence-electron chi connectivity index (χ1n) is 5.29. The van der Waals surface area contributed by atoms with E-state index < -0.39 is 6.23 Å². The minimum Gasteiger partial charge on any atom is -0.500 e. The summed E-state index contributed by atoms with van der Waals surface area (Å²) in [7, 11) is 3.46. The van der Waals surface area contributed by atoms with Crippen molar-refractivity contribution in [2.75, 3.05) is 14.2 Å². The van der Waals surface area contributed by atoms with Crippen LogP contribution in [0.25, 0.3) is 0 Å². The van der Waals surface area contributed by atoms with Crippen LogP contribution in [0, 0.1) is 12.3 Å². The van der Waals surface area contributed by atoms with Gasteiger partial charge in [0.05, 0.1) is 7.11 Å². The molecule has 0 aromatic heterocycles. The summed E-state index contributed by atoms with van der Waals surface area (Å²) in [5.41, 5.74) is 0. The number of rotatable bonds is 5. The highest BCUT2D eigenvalue weighted by molar-refractivity contribution is 5.22. The molecule has 0 saturated heterocycles. The third-order valence-corrected chi connectivity index (χ3v) is 2.21. The highest BCUT2D eigenvalue weighted by Crippen LogP contribution is 2.12. The van der Waals surface area contributed by atoms with Crippen molar-refractivity contribution in [3.63, 3.8) is 0 Å². The van der Waals surface area contributed by atoms with E-state index >= 15 is 0 Å². The van der Waals surface area contributed by atoms with Crippen LogP contribution in [0.3, 0.4) is 0 Å². The molecule has 1 unspecified atom stereocenters. The largest absolute Gasteiger partial charge is 0.500 e. The lowest BCUT2D eigenvalue weighted by Gasteiger charge is -2.23. The summed E-state index contributed by atoms with van der Waals surface area (Å²) in [6.07, 6.45) is 6.80. The maximum Gasteiger partial charge on any atom is 0.235 e. The van der Waals surface area contributed by atoms with Crippen molar-refractivity contribution in [1.29, 1.82) is 0 Å². The summed E-state index contributed by atoms with van der Waals surface area (Å²) in [6, 6.07) is 9.46. The molecule has 1 aromatic carbocycles. The summed E-state index contributed by atoms with van der Waals surface area (Å²) >= 11 is 0. The van der Waals surface area contributed by atoms with E-state index in [4.69, 9.17) is 15.9 Å². The molecule has 3 nitrogen and oxygen atoms in total. The Morgan fingerprint density at radius 1 is 1.41 bits per heavy atom. The predicted octanol–water partition coefficient (Wildman–Crippen LogP) is 2.46. The van der Waals surface area contributed by atoms with Gasteiger partial charge in [-0.05, 0) is 25.0 Å². The van der Waals surface area contributed by atoms with Crippen LogP contribution in [-0.4, -0.2) is 25.3 Å². The molecular weight excluding hydrogens is 214 g/mol. The van der Waals surface area contributed by atoms with Crippen molar-refractivity contribution in [3.8, 4) is 18.1 Å². The first kappa shape index (κ1) is 13.0. The van der Waals surface area contributed by atoms with E-state index in [1.54, 1.807) is 18.2 Å². The molecular formula is C14H17NO2. The third kappa shape index (κ3) is 4.12. The van der Waals surface area contributed by atoms with E-state index in [2.05, 4.69) is 5.92 Å². The van der Waals surface area contributed by atoms with Crippen LogP contribution in [-0.2, 0) is 4.74 Å². The quantitative estimate of drug-likeness (QED) is 0.441. The number of nitrogens with zero attached hydrogens (tertiary/aromatic N) is 1. The first-order valence-corrected chi connectivity index (χ1v) is 5.29. The van der Waals surface area contributed by atoms with Crippen molar-refractivity contribution in [2.24, 2.45) is 0 Å². The van der Waals surface area contributed by atoms with Gasteiger partial charge >= 0.3 is 0 Å². The number of ether oxygens (including phenoxy) is 2. The van der Waals surface area contributed by atoms with Crippen LogP contribution < -0.4 is 4.74 Å². The van der Waals surface area contributed by atoms with E-state index in [-0.39, 0.29) is 0 Å². The van der Waals surface area contributed by atoms with E-state index in [1.165, 1.54) is 0 Å². The number of para-hydroxylation sites is 1. The second-order valence-corrected chi connectivity index (χ2v) is 3.56. The second kappa shape index (κ2) is 6.49. The van der Waals surface area contributed by atoms with Crippen molar-refractivity contribution < 1.29 is 9.47 Å². The van der Waals surface area contributed by atoms with Gasteiger partial charge in [-0.2, -0.15) is 0 Å². The summed E-state index contributed by atoms with van der Waals surface area (Å²) < 4.78 is 10.7. The summed E-state index contributed by atoms with van der Waals surface area (Å²) in [6.45, 7) is 1.85. The molecule has 0 N–H and O–H groups in total. The Morgan fingerprint density at radius 2 is 2.06 bits per heavy atom. The zero-order valence-electron chi connectivity index (χ0n) is 10.4. The molecule has 1 aromatic rings. The van der Waals surface area contributed by atoms with Crippen molar-refractivity contribution in [2.45, 2.75) is 13.2 Å². The topological polar surface area (TPSA) is 21.7 Å². The normalized spacial score (nSPS) is 12.5. The van der Waals surface area contributed by atoms with E-state index in [9.17, 15) is 0 Å². The molecule has 1 atom stereocenters. The lowest BCUT2D eigenvalue weighted by Crippen LogP contribution is -2.31. The fourth-order valence-corrected chi connectivity index (χ4v) is 1.27. The van der Waals surface area contributed by atoms with E-state index in [0.29, 0.717) is 0 Å². The zero-order chi connectivity index (χ0) is 12.7. The van der Waals surface area contributed by atoms with Gasteiger partial charge in [0.25, 0.3) is 0 Å². The van der Waals surface area contributed by atoms with Crippen molar-refractivity contribution in [1.82, 2.24) is 4.90 Å². The van der Waals surface area contributed by atoms with Gasteiger partial charge in [0, 0.05) is 13.2 Å². The monoisotopic (exact) mass is 231 g/mol. The third-order valence-electron chi connectivity index (χ3n) is 2.21. The van der Waals surface area contributed by atoms with Gasteiger partial charge in [-0.3, -0.25) is 0 Å². The number of terminal acetylenes is 1. The average Bonchev–Trinajstić information content (AvgIpc) is 2.36. The fourth-order valence-electron chi connectivity index (χ4n) is 1.27. The van der Waals surface area contributed by atoms with Crippen molar-refractivity contribution >= 4 is 0 Å². The molecule has 90 valence electrons. The fraction of sp³-hybridized carbons (Fsp3) is 0.286. The van der Waals surface area contributed by atoms with Crippen LogP contribution in [0.2, 0.25) is 0 Å². The van der Waals surface area contributed by atoms with Gasteiger partial charge in [-0.25, -0.2) is 0 Å². The lowest BCUT2D eigenvalue weighted by atomic mass is 10.3. The second-order valence-electron chi connectivity index (χ2n) is 3.56. The van der Waals surface area contributed by atoms with Gasteiger partial charge < -0.3 is 14.4 Å². The molecule has 0 spiro atoms. The molecule has 0 aliphatic rings. The Kier molecular flexibility index (Phi) is 4.96. The number of benzene rings is 1. The Morgan fingerprint density at radius 3 is 2.59 bits per heavy atom. The zero-order valence-corrected chi connectivity index (χ0v) is 10.4. The summed E-state index contributed by atoms with van der Waals surface area (Å²) in [5.74, 6) is 4.09. The smallest absolute Gasteiger partial charge is 0.235 e. The molecule has 0 aliphatic heterocycles. The maximum atomic E-state index is 5.66. The molecule has 0 bridgehead atoms. The molecule has 0 saturated carbocycles.